The number of halogens is 1. The SMILES string of the molecule is O=C(Nc1ccc(S(=O)(=O)Nc2cccnc2)cc1)c1ccc(Cl)c(S(=O)(=O)N2CCCCC2)c1. The van der Waals surface area contributed by atoms with Crippen molar-refractivity contribution in [1.82, 2.24) is 9.29 Å². The van der Waals surface area contributed by atoms with Crippen LogP contribution in [-0.2, 0) is 20.0 Å². The van der Waals surface area contributed by atoms with Crippen molar-refractivity contribution >= 4 is 48.9 Å². The second kappa shape index (κ2) is 10.3. The van der Waals surface area contributed by atoms with Crippen LogP contribution in [0, 0.1) is 0 Å². The fraction of sp³-hybridized carbons (Fsp3) is 0.217. The van der Waals surface area contributed by atoms with Crippen LogP contribution in [0.4, 0.5) is 11.4 Å². The molecule has 12 heteroatoms. The third-order valence-corrected chi connectivity index (χ3v) is 9.24. The highest BCUT2D eigenvalue weighted by atomic mass is 35.5. The van der Waals surface area contributed by atoms with Crippen LogP contribution in [0.25, 0.3) is 0 Å². The van der Waals surface area contributed by atoms with Crippen molar-refractivity contribution in [2.24, 2.45) is 0 Å². The Kier molecular flexibility index (Phi) is 7.41. The lowest BCUT2D eigenvalue weighted by Gasteiger charge is -2.26. The zero-order valence-corrected chi connectivity index (χ0v) is 20.9. The first-order valence-corrected chi connectivity index (χ1v) is 14.1. The van der Waals surface area contributed by atoms with Gasteiger partial charge in [0.05, 0.1) is 21.8 Å². The molecule has 35 heavy (non-hydrogen) atoms. The summed E-state index contributed by atoms with van der Waals surface area (Å²) in [5.41, 5.74) is 0.772. The molecule has 0 bridgehead atoms. The molecule has 1 aromatic heterocycles. The van der Waals surface area contributed by atoms with E-state index in [9.17, 15) is 21.6 Å². The summed E-state index contributed by atoms with van der Waals surface area (Å²) in [5.74, 6) is -0.555. The Morgan fingerprint density at radius 1 is 0.914 bits per heavy atom. The lowest BCUT2D eigenvalue weighted by molar-refractivity contribution is 0.102. The molecule has 9 nitrogen and oxygen atoms in total. The number of aromatic nitrogens is 1. The van der Waals surface area contributed by atoms with Crippen LogP contribution in [0.5, 0.6) is 0 Å². The van der Waals surface area contributed by atoms with Crippen molar-refractivity contribution in [3.05, 3.63) is 77.6 Å². The van der Waals surface area contributed by atoms with Gasteiger partial charge in [-0.25, -0.2) is 16.8 Å². The summed E-state index contributed by atoms with van der Waals surface area (Å²) in [7, 11) is -7.66. The number of benzene rings is 2. The lowest BCUT2D eigenvalue weighted by Crippen LogP contribution is -2.35. The van der Waals surface area contributed by atoms with E-state index >= 15 is 0 Å². The van der Waals surface area contributed by atoms with E-state index in [0.29, 0.717) is 24.5 Å². The molecule has 2 N–H and O–H groups in total. The number of anilines is 2. The van der Waals surface area contributed by atoms with Gasteiger partial charge in [-0.15, -0.1) is 0 Å². The van der Waals surface area contributed by atoms with Gasteiger partial charge in [-0.05, 0) is 67.4 Å². The van der Waals surface area contributed by atoms with Gasteiger partial charge in [0.1, 0.15) is 4.90 Å². The van der Waals surface area contributed by atoms with Gasteiger partial charge < -0.3 is 5.32 Å². The van der Waals surface area contributed by atoms with Gasteiger partial charge in [-0.2, -0.15) is 4.31 Å². The quantitative estimate of drug-likeness (QED) is 0.472. The number of pyridine rings is 1. The molecule has 4 rings (SSSR count). The van der Waals surface area contributed by atoms with Crippen LogP contribution in [-0.4, -0.2) is 45.1 Å². The van der Waals surface area contributed by atoms with Crippen LogP contribution in [0.2, 0.25) is 5.02 Å². The van der Waals surface area contributed by atoms with Crippen molar-refractivity contribution in [2.45, 2.75) is 29.1 Å². The zero-order chi connectivity index (χ0) is 25.1. The molecule has 2 heterocycles. The lowest BCUT2D eigenvalue weighted by atomic mass is 10.2. The van der Waals surface area contributed by atoms with Gasteiger partial charge in [0, 0.05) is 30.5 Å². The molecule has 1 amide bonds. The second-order valence-electron chi connectivity index (χ2n) is 7.94. The smallest absolute Gasteiger partial charge is 0.261 e. The summed E-state index contributed by atoms with van der Waals surface area (Å²) in [4.78, 5) is 16.6. The van der Waals surface area contributed by atoms with Crippen molar-refractivity contribution < 1.29 is 21.6 Å². The Morgan fingerprint density at radius 3 is 2.29 bits per heavy atom. The van der Waals surface area contributed by atoms with E-state index in [1.165, 1.54) is 59.2 Å². The fourth-order valence-corrected chi connectivity index (χ4v) is 6.71. The minimum atomic E-state index is -3.84. The zero-order valence-electron chi connectivity index (χ0n) is 18.5. The van der Waals surface area contributed by atoms with Crippen LogP contribution >= 0.6 is 11.6 Å². The topological polar surface area (TPSA) is 126 Å². The molecule has 3 aromatic rings. The van der Waals surface area contributed by atoms with E-state index in [1.807, 2.05) is 0 Å². The molecular formula is C23H23ClN4O5S2. The highest BCUT2D eigenvalue weighted by Crippen LogP contribution is 2.28. The van der Waals surface area contributed by atoms with Crippen LogP contribution in [0.15, 0.2) is 76.8 Å². The Labute approximate surface area is 209 Å². The maximum atomic E-state index is 13.0. The Balaban J connectivity index is 1.50. The van der Waals surface area contributed by atoms with Crippen molar-refractivity contribution in [3.8, 4) is 0 Å². The standard InChI is InChI=1S/C23H23ClN4O5S2/c24-21-11-6-17(15-22(21)35(32,33)28-13-2-1-3-14-28)23(29)26-18-7-9-20(10-8-18)34(30,31)27-19-5-4-12-25-16-19/h4-12,15-16,27H,1-3,13-14H2,(H,26,29). The third-order valence-electron chi connectivity index (χ3n) is 5.46. The minimum absolute atomic E-state index is 0.000700. The molecule has 0 atom stereocenters. The van der Waals surface area contributed by atoms with E-state index in [0.717, 1.165) is 19.3 Å². The van der Waals surface area contributed by atoms with Gasteiger partial charge in [-0.3, -0.25) is 14.5 Å². The first-order valence-electron chi connectivity index (χ1n) is 10.8. The number of nitrogens with zero attached hydrogens (tertiary/aromatic N) is 2. The number of piperidine rings is 1. The van der Waals surface area contributed by atoms with Gasteiger partial charge >= 0.3 is 0 Å². The summed E-state index contributed by atoms with van der Waals surface area (Å²) in [6, 6.07) is 12.8. The predicted molar refractivity (Wildman–Crippen MR) is 134 cm³/mol. The molecule has 0 aliphatic carbocycles. The second-order valence-corrected chi connectivity index (χ2v) is 11.9. The monoisotopic (exact) mass is 534 g/mol. The summed E-state index contributed by atoms with van der Waals surface area (Å²) in [6.07, 6.45) is 5.45. The number of sulfonamides is 2. The molecule has 184 valence electrons. The molecule has 2 aromatic carbocycles. The number of rotatable bonds is 7. The highest BCUT2D eigenvalue weighted by Gasteiger charge is 2.28. The Morgan fingerprint density at radius 2 is 1.63 bits per heavy atom. The summed E-state index contributed by atoms with van der Waals surface area (Å²) in [5, 5.41) is 2.69. The maximum Gasteiger partial charge on any atom is 0.261 e. The number of amides is 1. The largest absolute Gasteiger partial charge is 0.322 e. The van der Waals surface area contributed by atoms with Crippen molar-refractivity contribution in [2.75, 3.05) is 23.1 Å². The maximum absolute atomic E-state index is 13.0. The summed E-state index contributed by atoms with van der Waals surface area (Å²) in [6.45, 7) is 0.833. The van der Waals surface area contributed by atoms with Crippen LogP contribution in [0.3, 0.4) is 0 Å². The molecule has 1 aliphatic heterocycles. The molecule has 1 aliphatic rings. The first kappa shape index (κ1) is 25.1. The van der Waals surface area contributed by atoms with E-state index in [-0.39, 0.29) is 20.4 Å². The minimum Gasteiger partial charge on any atom is -0.322 e. The molecular weight excluding hydrogens is 512 g/mol. The van der Waals surface area contributed by atoms with Gasteiger partial charge in [0.15, 0.2) is 0 Å². The molecule has 1 fully saturated rings. The molecule has 0 saturated carbocycles. The summed E-state index contributed by atoms with van der Waals surface area (Å²) < 4.78 is 55.0. The van der Waals surface area contributed by atoms with Crippen molar-refractivity contribution in [3.63, 3.8) is 0 Å². The van der Waals surface area contributed by atoms with E-state index in [1.54, 1.807) is 12.1 Å². The number of carbonyl (C=O) groups excluding carboxylic acids is 1. The Bertz CT molecular complexity index is 1420. The van der Waals surface area contributed by atoms with Gasteiger partial charge in [0.25, 0.3) is 15.9 Å². The number of carbonyl (C=O) groups is 1. The van der Waals surface area contributed by atoms with Crippen LogP contribution in [0.1, 0.15) is 29.6 Å². The normalized spacial score (nSPS) is 14.9. The van der Waals surface area contributed by atoms with Crippen molar-refractivity contribution in [1.29, 1.82) is 0 Å². The predicted octanol–water partition coefficient (Wildman–Crippen LogP) is 3.96. The number of hydrogen-bond acceptors (Lipinski definition) is 6. The average molecular weight is 535 g/mol. The molecule has 0 unspecified atom stereocenters. The van der Waals surface area contributed by atoms with E-state index < -0.39 is 26.0 Å². The van der Waals surface area contributed by atoms with E-state index in [4.69, 9.17) is 11.6 Å². The van der Waals surface area contributed by atoms with E-state index in [2.05, 4.69) is 15.0 Å². The number of hydrogen-bond donors (Lipinski definition) is 2. The number of nitrogens with one attached hydrogen (secondary N) is 2. The summed E-state index contributed by atoms with van der Waals surface area (Å²) >= 11 is 6.18. The molecule has 1 saturated heterocycles. The molecule has 0 spiro atoms. The average Bonchev–Trinajstić information content (AvgIpc) is 2.85. The van der Waals surface area contributed by atoms with Gasteiger partial charge in [-0.1, -0.05) is 18.0 Å². The van der Waals surface area contributed by atoms with Crippen LogP contribution < -0.4 is 10.0 Å². The Hall–Kier alpha value is -2.99. The van der Waals surface area contributed by atoms with Gasteiger partial charge in [0.2, 0.25) is 10.0 Å². The fourth-order valence-electron chi connectivity index (χ4n) is 3.64. The first-order chi connectivity index (χ1) is 16.7. The molecule has 0 radical (unpaired) electrons. The highest BCUT2D eigenvalue weighted by molar-refractivity contribution is 7.92. The third kappa shape index (κ3) is 5.81.